The van der Waals surface area contributed by atoms with E-state index < -0.39 is 15.1 Å². The summed E-state index contributed by atoms with van der Waals surface area (Å²) in [6.07, 6.45) is 0. The van der Waals surface area contributed by atoms with Crippen LogP contribution in [0.3, 0.4) is 0 Å². The Morgan fingerprint density at radius 1 is 1.60 bits per heavy atom. The first-order valence-electron chi connectivity index (χ1n) is 3.01. The fourth-order valence-electron chi connectivity index (χ4n) is 0.968. The lowest BCUT2D eigenvalue weighted by molar-refractivity contribution is 0.596. The molecule has 0 bridgehead atoms. The van der Waals surface area contributed by atoms with Gasteiger partial charge in [0.2, 0.25) is 0 Å². The number of allylic oxidation sites excluding steroid dienone is 1. The lowest BCUT2D eigenvalue weighted by Crippen LogP contribution is -2.19. The Hall–Kier alpha value is -0.0200. The van der Waals surface area contributed by atoms with Gasteiger partial charge in [-0.2, -0.15) is 0 Å². The molecule has 10 heavy (non-hydrogen) atoms. The maximum atomic E-state index is 11.0. The fourth-order valence-corrected chi connectivity index (χ4v) is 2.96. The van der Waals surface area contributed by atoms with Gasteiger partial charge in [0.15, 0.2) is 9.84 Å². The first-order valence-corrected chi connectivity index (χ1v) is 5.06. The van der Waals surface area contributed by atoms with E-state index in [1.165, 1.54) is 5.41 Å². The van der Waals surface area contributed by atoms with Crippen molar-refractivity contribution < 1.29 is 8.42 Å². The number of rotatable bonds is 0. The van der Waals surface area contributed by atoms with E-state index in [4.69, 9.17) is 11.6 Å². The minimum absolute atomic E-state index is 0.329. The van der Waals surface area contributed by atoms with E-state index in [-0.39, 0.29) is 5.38 Å². The molecule has 0 saturated heterocycles. The van der Waals surface area contributed by atoms with Crippen LogP contribution < -0.4 is 0 Å². The van der Waals surface area contributed by atoms with Crippen LogP contribution >= 0.6 is 11.6 Å². The predicted molar refractivity (Wildman–Crippen MR) is 41.8 cm³/mol. The molecule has 0 radical (unpaired) electrons. The van der Waals surface area contributed by atoms with Gasteiger partial charge in [-0.25, -0.2) is 8.42 Å². The summed E-state index contributed by atoms with van der Waals surface area (Å²) < 4.78 is 22.0. The SMILES string of the molecule is CC1=CS(=O)(=O)C(C)C1Cl. The molecule has 0 spiro atoms. The monoisotopic (exact) mass is 180 g/mol. The molecular weight excluding hydrogens is 172 g/mol. The minimum atomic E-state index is -3.02. The zero-order valence-corrected chi connectivity index (χ0v) is 7.41. The van der Waals surface area contributed by atoms with E-state index in [2.05, 4.69) is 0 Å². The van der Waals surface area contributed by atoms with E-state index in [0.717, 1.165) is 5.57 Å². The quantitative estimate of drug-likeness (QED) is 0.527. The van der Waals surface area contributed by atoms with Crippen molar-refractivity contribution in [3.63, 3.8) is 0 Å². The molecule has 0 N–H and O–H groups in total. The van der Waals surface area contributed by atoms with E-state index in [0.29, 0.717) is 0 Å². The summed E-state index contributed by atoms with van der Waals surface area (Å²) in [4.78, 5) is 0. The lowest BCUT2D eigenvalue weighted by atomic mass is 10.2. The van der Waals surface area contributed by atoms with Crippen LogP contribution in [0.15, 0.2) is 11.0 Å². The number of sulfone groups is 1. The van der Waals surface area contributed by atoms with Crippen molar-refractivity contribution >= 4 is 21.4 Å². The van der Waals surface area contributed by atoms with Crippen molar-refractivity contribution in [2.24, 2.45) is 0 Å². The summed E-state index contributed by atoms with van der Waals surface area (Å²) >= 11 is 5.75. The highest BCUT2D eigenvalue weighted by molar-refractivity contribution is 7.95. The summed E-state index contributed by atoms with van der Waals surface area (Å²) in [6.45, 7) is 3.36. The predicted octanol–water partition coefficient (Wildman–Crippen LogP) is 1.31. The van der Waals surface area contributed by atoms with Crippen molar-refractivity contribution in [3.05, 3.63) is 11.0 Å². The number of alkyl halides is 1. The van der Waals surface area contributed by atoms with Crippen molar-refractivity contribution in [2.45, 2.75) is 24.5 Å². The summed E-state index contributed by atoms with van der Waals surface area (Å²) in [5.41, 5.74) is 0.745. The van der Waals surface area contributed by atoms with Crippen LogP contribution in [0, 0.1) is 0 Å². The van der Waals surface area contributed by atoms with Gasteiger partial charge in [-0.1, -0.05) is 0 Å². The van der Waals surface area contributed by atoms with E-state index in [1.807, 2.05) is 0 Å². The van der Waals surface area contributed by atoms with Gasteiger partial charge < -0.3 is 0 Å². The maximum absolute atomic E-state index is 11.0. The molecule has 0 aromatic rings. The molecule has 2 nitrogen and oxygen atoms in total. The van der Waals surface area contributed by atoms with Crippen molar-refractivity contribution in [2.75, 3.05) is 0 Å². The molecule has 0 amide bonds. The van der Waals surface area contributed by atoms with Crippen molar-refractivity contribution in [1.29, 1.82) is 0 Å². The van der Waals surface area contributed by atoms with Gasteiger partial charge in [-0.3, -0.25) is 0 Å². The Morgan fingerprint density at radius 3 is 2.20 bits per heavy atom. The van der Waals surface area contributed by atoms with E-state index in [9.17, 15) is 8.42 Å². The molecule has 58 valence electrons. The summed E-state index contributed by atoms with van der Waals surface area (Å²) in [6, 6.07) is 0. The second kappa shape index (κ2) is 2.24. The van der Waals surface area contributed by atoms with Crippen LogP contribution in [0.5, 0.6) is 0 Å². The van der Waals surface area contributed by atoms with Gasteiger partial charge in [-0.15, -0.1) is 11.6 Å². The number of halogens is 1. The van der Waals surface area contributed by atoms with Gasteiger partial charge in [0.25, 0.3) is 0 Å². The fraction of sp³-hybridized carbons (Fsp3) is 0.667. The smallest absolute Gasteiger partial charge is 0.175 e. The third kappa shape index (κ3) is 1.08. The normalized spacial score (nSPS) is 37.7. The van der Waals surface area contributed by atoms with E-state index >= 15 is 0 Å². The zero-order valence-electron chi connectivity index (χ0n) is 5.83. The summed E-state index contributed by atoms with van der Waals surface area (Å²) in [5, 5.41) is 0.481. The van der Waals surface area contributed by atoms with Gasteiger partial charge in [-0.05, 0) is 19.4 Å². The standard InChI is InChI=1S/C6H9ClO2S/c1-4-3-10(8,9)5(2)6(4)7/h3,5-6H,1-2H3. The Kier molecular flexibility index (Phi) is 1.81. The summed E-state index contributed by atoms with van der Waals surface area (Å²) in [7, 11) is -3.02. The lowest BCUT2D eigenvalue weighted by Gasteiger charge is -2.06. The van der Waals surface area contributed by atoms with Crippen LogP contribution in [-0.4, -0.2) is 19.0 Å². The second-order valence-electron chi connectivity index (χ2n) is 2.56. The van der Waals surface area contributed by atoms with Crippen molar-refractivity contribution in [3.8, 4) is 0 Å². The van der Waals surface area contributed by atoms with Crippen LogP contribution in [0.4, 0.5) is 0 Å². The highest BCUT2D eigenvalue weighted by Gasteiger charge is 2.33. The highest BCUT2D eigenvalue weighted by Crippen LogP contribution is 2.28. The second-order valence-corrected chi connectivity index (χ2v) is 5.19. The molecule has 1 heterocycles. The van der Waals surface area contributed by atoms with Crippen LogP contribution in [-0.2, 0) is 9.84 Å². The summed E-state index contributed by atoms with van der Waals surface area (Å²) in [5.74, 6) is 0. The largest absolute Gasteiger partial charge is 0.224 e. The molecule has 2 atom stereocenters. The molecule has 4 heteroatoms. The molecular formula is C6H9ClO2S. The molecule has 0 aromatic heterocycles. The van der Waals surface area contributed by atoms with Gasteiger partial charge in [0.1, 0.15) is 0 Å². The highest BCUT2D eigenvalue weighted by atomic mass is 35.5. The topological polar surface area (TPSA) is 34.1 Å². The third-order valence-electron chi connectivity index (χ3n) is 1.72. The molecule has 0 aliphatic carbocycles. The first-order chi connectivity index (χ1) is 4.45. The minimum Gasteiger partial charge on any atom is -0.224 e. The van der Waals surface area contributed by atoms with Crippen LogP contribution in [0.2, 0.25) is 0 Å². The van der Waals surface area contributed by atoms with Gasteiger partial charge in [0.05, 0.1) is 10.6 Å². The zero-order chi connectivity index (χ0) is 7.94. The molecule has 1 aliphatic heterocycles. The van der Waals surface area contributed by atoms with Crippen molar-refractivity contribution in [1.82, 2.24) is 0 Å². The molecule has 1 aliphatic rings. The third-order valence-corrected chi connectivity index (χ3v) is 4.60. The average Bonchev–Trinajstić information content (AvgIpc) is 1.95. The molecule has 2 unspecified atom stereocenters. The number of hydrogen-bond donors (Lipinski definition) is 0. The Morgan fingerprint density at radius 2 is 2.10 bits per heavy atom. The molecule has 0 fully saturated rings. The maximum Gasteiger partial charge on any atom is 0.175 e. The first kappa shape index (κ1) is 8.08. The Labute approximate surface area is 65.8 Å². The van der Waals surface area contributed by atoms with Gasteiger partial charge in [0, 0.05) is 5.41 Å². The van der Waals surface area contributed by atoms with E-state index in [1.54, 1.807) is 13.8 Å². The number of hydrogen-bond acceptors (Lipinski definition) is 2. The van der Waals surface area contributed by atoms with Crippen LogP contribution in [0.1, 0.15) is 13.8 Å². The average molecular weight is 181 g/mol. The molecule has 0 saturated carbocycles. The van der Waals surface area contributed by atoms with Crippen LogP contribution in [0.25, 0.3) is 0 Å². The molecule has 1 rings (SSSR count). The Bertz CT molecular complexity index is 265. The van der Waals surface area contributed by atoms with Gasteiger partial charge >= 0.3 is 0 Å². The Balaban J connectivity index is 3.11. The molecule has 0 aromatic carbocycles.